The van der Waals surface area contributed by atoms with Gasteiger partial charge in [-0.15, -0.1) is 0 Å². The molecule has 0 fully saturated rings. The smallest absolute Gasteiger partial charge is 0.137 e. The van der Waals surface area contributed by atoms with Crippen molar-refractivity contribution >= 4 is 0 Å². The van der Waals surface area contributed by atoms with Crippen LogP contribution in [0.1, 0.15) is 32.8 Å². The number of imidazole rings is 1. The second kappa shape index (κ2) is 9.59. The Kier molecular flexibility index (Phi) is 7.48. The number of methoxy groups -OCH3 is 1. The number of nitrogens with two attached hydrogens (primary N) is 1. The lowest BCUT2D eigenvalue weighted by Crippen LogP contribution is -2.86. The highest BCUT2D eigenvalue weighted by molar-refractivity contribution is 5.44. The van der Waals surface area contributed by atoms with E-state index in [2.05, 4.69) is 35.6 Å². The number of hydrogen-bond acceptors (Lipinski definition) is 4. The Labute approximate surface area is 156 Å². The molecule has 0 bridgehead atoms. The molecule has 0 amide bonds. The van der Waals surface area contributed by atoms with Crippen LogP contribution >= 0.6 is 0 Å². The average molecular weight is 362 g/mol. The van der Waals surface area contributed by atoms with Gasteiger partial charge in [-0.25, -0.2) is 4.98 Å². The van der Waals surface area contributed by atoms with E-state index in [1.807, 2.05) is 30.7 Å². The first kappa shape index (κ1) is 20.3. The number of aromatic nitrogens is 2. The van der Waals surface area contributed by atoms with Gasteiger partial charge in [-0.1, -0.05) is 20.8 Å². The van der Waals surface area contributed by atoms with Crippen molar-refractivity contribution in [1.29, 1.82) is 0 Å². The largest absolute Gasteiger partial charge is 0.497 e. The molecule has 0 aliphatic heterocycles. The maximum absolute atomic E-state index is 10.2. The molecule has 0 aliphatic rings. The molecule has 26 heavy (non-hydrogen) atoms. The van der Waals surface area contributed by atoms with Crippen molar-refractivity contribution in [2.75, 3.05) is 26.8 Å². The van der Waals surface area contributed by atoms with E-state index in [-0.39, 0.29) is 12.0 Å². The molecular weight excluding hydrogens is 330 g/mol. The Morgan fingerprint density at radius 1 is 1.31 bits per heavy atom. The van der Waals surface area contributed by atoms with E-state index in [0.29, 0.717) is 6.54 Å². The van der Waals surface area contributed by atoms with Crippen LogP contribution in [0, 0.1) is 0 Å². The van der Waals surface area contributed by atoms with Crippen LogP contribution in [-0.4, -0.2) is 47.6 Å². The number of aliphatic hydroxyl groups is 1. The fraction of sp³-hybridized carbons (Fsp3) is 0.550. The van der Waals surface area contributed by atoms with Crippen LogP contribution in [0.25, 0.3) is 0 Å². The van der Waals surface area contributed by atoms with Crippen molar-refractivity contribution in [1.82, 2.24) is 9.55 Å². The highest BCUT2D eigenvalue weighted by Gasteiger charge is 2.20. The summed E-state index contributed by atoms with van der Waals surface area (Å²) in [6.07, 6.45) is 6.11. The Morgan fingerprint density at radius 3 is 2.77 bits per heavy atom. The molecule has 2 rings (SSSR count). The highest BCUT2D eigenvalue weighted by atomic mass is 16.5. The summed E-state index contributed by atoms with van der Waals surface area (Å²) in [5.41, 5.74) is 1.02. The minimum atomic E-state index is -0.502. The van der Waals surface area contributed by atoms with E-state index < -0.39 is 6.10 Å². The molecule has 0 unspecified atom stereocenters. The predicted molar refractivity (Wildman–Crippen MR) is 102 cm³/mol. The zero-order chi connectivity index (χ0) is 19.0. The Bertz CT molecular complexity index is 651. The van der Waals surface area contributed by atoms with Crippen molar-refractivity contribution < 1.29 is 19.9 Å². The van der Waals surface area contributed by atoms with Crippen LogP contribution in [0.15, 0.2) is 36.9 Å². The Balaban J connectivity index is 1.75. The minimum absolute atomic E-state index is 0.0612. The second-order valence-electron chi connectivity index (χ2n) is 7.54. The van der Waals surface area contributed by atoms with E-state index in [0.717, 1.165) is 36.6 Å². The van der Waals surface area contributed by atoms with Gasteiger partial charge >= 0.3 is 0 Å². The quantitative estimate of drug-likeness (QED) is 0.630. The zero-order valence-corrected chi connectivity index (χ0v) is 16.3. The van der Waals surface area contributed by atoms with Gasteiger partial charge in [-0.3, -0.25) is 0 Å². The summed E-state index contributed by atoms with van der Waals surface area (Å²) in [4.78, 5) is 4.03. The van der Waals surface area contributed by atoms with Crippen LogP contribution in [0.5, 0.6) is 11.5 Å². The maximum Gasteiger partial charge on any atom is 0.137 e. The molecule has 3 N–H and O–H groups in total. The van der Waals surface area contributed by atoms with E-state index in [1.165, 1.54) is 0 Å². The number of benzene rings is 1. The molecule has 1 aromatic heterocycles. The third-order valence-electron chi connectivity index (χ3n) is 4.25. The first-order valence-electron chi connectivity index (χ1n) is 9.17. The van der Waals surface area contributed by atoms with Gasteiger partial charge in [0.2, 0.25) is 0 Å². The highest BCUT2D eigenvalue weighted by Crippen LogP contribution is 2.34. The van der Waals surface area contributed by atoms with Crippen molar-refractivity contribution in [3.05, 3.63) is 42.5 Å². The van der Waals surface area contributed by atoms with E-state index >= 15 is 0 Å². The first-order chi connectivity index (χ1) is 12.4. The number of aliphatic hydroxyl groups excluding tert-OH is 1. The molecular formula is C20H32N3O3+. The fourth-order valence-electron chi connectivity index (χ4n) is 2.75. The van der Waals surface area contributed by atoms with Crippen LogP contribution in [0.2, 0.25) is 0 Å². The average Bonchev–Trinajstić information content (AvgIpc) is 3.12. The van der Waals surface area contributed by atoms with E-state index in [4.69, 9.17) is 9.47 Å². The number of ether oxygens (including phenoxy) is 2. The lowest BCUT2D eigenvalue weighted by molar-refractivity contribution is -0.661. The normalized spacial score (nSPS) is 12.8. The molecule has 6 heteroatoms. The number of rotatable bonds is 10. The Morgan fingerprint density at radius 2 is 2.12 bits per heavy atom. The summed E-state index contributed by atoms with van der Waals surface area (Å²) in [5.74, 6) is 1.62. The molecule has 6 nitrogen and oxygen atoms in total. The van der Waals surface area contributed by atoms with Gasteiger partial charge < -0.3 is 24.5 Å². The first-order valence-corrected chi connectivity index (χ1v) is 9.17. The van der Waals surface area contributed by atoms with Crippen molar-refractivity contribution in [2.45, 2.75) is 45.3 Å². The molecule has 2 aromatic rings. The summed E-state index contributed by atoms with van der Waals surface area (Å²) in [5, 5.41) is 12.3. The van der Waals surface area contributed by atoms with Crippen LogP contribution in [0.3, 0.4) is 0 Å². The molecule has 0 saturated heterocycles. The number of hydrogen-bond donors (Lipinski definition) is 2. The molecule has 1 heterocycles. The van der Waals surface area contributed by atoms with Gasteiger partial charge in [0, 0.05) is 30.9 Å². The molecule has 1 aromatic carbocycles. The van der Waals surface area contributed by atoms with Gasteiger partial charge in [0.25, 0.3) is 0 Å². The molecule has 0 spiro atoms. The maximum atomic E-state index is 10.2. The monoisotopic (exact) mass is 362 g/mol. The lowest BCUT2D eigenvalue weighted by Gasteiger charge is -2.24. The van der Waals surface area contributed by atoms with Crippen LogP contribution in [0.4, 0.5) is 0 Å². The third-order valence-corrected chi connectivity index (χ3v) is 4.25. The summed E-state index contributed by atoms with van der Waals surface area (Å²) in [7, 11) is 1.66. The molecule has 0 saturated carbocycles. The molecule has 0 radical (unpaired) electrons. The van der Waals surface area contributed by atoms with Gasteiger partial charge in [0.15, 0.2) is 0 Å². The van der Waals surface area contributed by atoms with Crippen molar-refractivity contribution in [2.24, 2.45) is 0 Å². The van der Waals surface area contributed by atoms with Gasteiger partial charge in [0.05, 0.1) is 20.0 Å². The zero-order valence-electron chi connectivity index (χ0n) is 16.3. The van der Waals surface area contributed by atoms with Gasteiger partial charge in [0.1, 0.15) is 30.8 Å². The Hall–Kier alpha value is -2.05. The second-order valence-corrected chi connectivity index (χ2v) is 7.54. The number of aryl methyl sites for hydroxylation is 1. The summed E-state index contributed by atoms with van der Waals surface area (Å²) >= 11 is 0. The number of quaternary nitrogens is 1. The topological polar surface area (TPSA) is 73.1 Å². The number of nitrogens with zero attached hydrogens (tertiary/aromatic N) is 2. The third kappa shape index (κ3) is 6.35. The predicted octanol–water partition coefficient (Wildman–Crippen LogP) is 1.58. The summed E-state index contributed by atoms with van der Waals surface area (Å²) < 4.78 is 13.3. The van der Waals surface area contributed by atoms with Crippen LogP contribution < -0.4 is 14.8 Å². The SMILES string of the molecule is COc1ccc(OC[C@H](O)C[NH2+]CCCn2ccnc2)c(C(C)(C)C)c1. The van der Waals surface area contributed by atoms with Gasteiger partial charge in [-0.05, 0) is 23.6 Å². The molecule has 144 valence electrons. The summed E-state index contributed by atoms with van der Waals surface area (Å²) in [6.45, 7) is 9.24. The van der Waals surface area contributed by atoms with Gasteiger partial charge in [-0.2, -0.15) is 0 Å². The van der Waals surface area contributed by atoms with E-state index in [9.17, 15) is 5.11 Å². The summed E-state index contributed by atoms with van der Waals surface area (Å²) in [6, 6.07) is 5.81. The standard InChI is InChI=1S/C20H31N3O3/c1-20(2,3)18-12-17(25-4)6-7-19(18)26-14-16(24)13-21-8-5-10-23-11-9-22-15-23/h6-7,9,11-12,15-16,21,24H,5,8,10,13-14H2,1-4H3/p+1/t16-/m1/s1. The molecule has 1 atom stereocenters. The fourth-order valence-corrected chi connectivity index (χ4v) is 2.75. The minimum Gasteiger partial charge on any atom is -0.497 e. The molecule has 0 aliphatic carbocycles. The van der Waals surface area contributed by atoms with Crippen LogP contribution in [-0.2, 0) is 12.0 Å². The van der Waals surface area contributed by atoms with Crippen molar-refractivity contribution in [3.63, 3.8) is 0 Å². The van der Waals surface area contributed by atoms with Crippen molar-refractivity contribution in [3.8, 4) is 11.5 Å². The van der Waals surface area contributed by atoms with E-state index in [1.54, 1.807) is 13.3 Å². The lowest BCUT2D eigenvalue weighted by atomic mass is 9.86.